The van der Waals surface area contributed by atoms with Gasteiger partial charge < -0.3 is 9.72 Å². The highest BCUT2D eigenvalue weighted by Gasteiger charge is 2.12. The van der Waals surface area contributed by atoms with Gasteiger partial charge in [-0.1, -0.05) is 34.1 Å². The number of aromatic nitrogens is 2. The fourth-order valence-corrected chi connectivity index (χ4v) is 3.62. The van der Waals surface area contributed by atoms with E-state index in [0.29, 0.717) is 28.3 Å². The maximum atomic E-state index is 13.9. The number of hydrogen-bond donors (Lipinski definition) is 1. The van der Waals surface area contributed by atoms with Gasteiger partial charge in [-0.25, -0.2) is 9.37 Å². The van der Waals surface area contributed by atoms with E-state index in [1.165, 1.54) is 6.07 Å². The molecule has 0 aliphatic carbocycles. The molecular weight excluding hydrogens is 457 g/mol. The van der Waals surface area contributed by atoms with Crippen molar-refractivity contribution >= 4 is 38.6 Å². The molecule has 0 aliphatic rings. The molecule has 0 fully saturated rings. The van der Waals surface area contributed by atoms with Gasteiger partial charge in [0.2, 0.25) is 0 Å². The predicted molar refractivity (Wildman–Crippen MR) is 124 cm³/mol. The zero-order valence-electron chi connectivity index (χ0n) is 17.0. The topological polar surface area (TPSA) is 61.7 Å². The molecule has 0 bridgehead atoms. The maximum absolute atomic E-state index is 13.9. The van der Waals surface area contributed by atoms with Crippen LogP contribution in [-0.2, 0) is 6.61 Å². The second-order valence-electron chi connectivity index (χ2n) is 7.27. The molecule has 0 atom stereocenters. The number of ether oxygens (including phenoxy) is 1. The van der Waals surface area contributed by atoms with E-state index in [-0.39, 0.29) is 12.4 Å². The van der Waals surface area contributed by atoms with Gasteiger partial charge in [-0.2, -0.15) is 5.26 Å². The summed E-state index contributed by atoms with van der Waals surface area (Å²) in [6.45, 7) is 4.15. The van der Waals surface area contributed by atoms with Crippen molar-refractivity contribution in [1.29, 1.82) is 5.26 Å². The number of benzene rings is 3. The molecule has 1 heterocycles. The number of imidazole rings is 1. The highest BCUT2D eigenvalue weighted by Crippen LogP contribution is 2.29. The van der Waals surface area contributed by atoms with Crippen LogP contribution in [0.25, 0.3) is 22.7 Å². The summed E-state index contributed by atoms with van der Waals surface area (Å²) < 4.78 is 20.7. The summed E-state index contributed by atoms with van der Waals surface area (Å²) in [5, 5.41) is 9.80. The minimum atomic E-state index is -0.317. The molecule has 31 heavy (non-hydrogen) atoms. The number of fused-ring (bicyclic) bond motifs is 1. The number of allylic oxidation sites excluding steroid dienone is 1. The zero-order chi connectivity index (χ0) is 22.0. The molecule has 6 heteroatoms. The average Bonchev–Trinajstić information content (AvgIpc) is 3.15. The first-order chi connectivity index (χ1) is 14.9. The minimum absolute atomic E-state index is 0.0836. The Morgan fingerprint density at radius 2 is 1.94 bits per heavy atom. The van der Waals surface area contributed by atoms with Crippen LogP contribution >= 0.6 is 15.9 Å². The third-order valence-corrected chi connectivity index (χ3v) is 5.58. The van der Waals surface area contributed by atoms with Crippen LogP contribution in [0.2, 0.25) is 0 Å². The van der Waals surface area contributed by atoms with Crippen molar-refractivity contribution in [1.82, 2.24) is 9.97 Å². The van der Waals surface area contributed by atoms with E-state index < -0.39 is 0 Å². The number of H-pyrrole nitrogens is 1. The third-order valence-electron chi connectivity index (χ3n) is 5.09. The molecule has 4 aromatic rings. The average molecular weight is 476 g/mol. The van der Waals surface area contributed by atoms with Gasteiger partial charge in [0.05, 0.1) is 16.6 Å². The Kier molecular flexibility index (Phi) is 5.88. The van der Waals surface area contributed by atoms with E-state index in [1.807, 2.05) is 38.1 Å². The highest BCUT2D eigenvalue weighted by atomic mass is 79.9. The molecular formula is C25H19BrFN3O. The fraction of sp³-hybridized carbons (Fsp3) is 0.120. The van der Waals surface area contributed by atoms with Gasteiger partial charge in [-0.05, 0) is 67.4 Å². The fourth-order valence-electron chi connectivity index (χ4n) is 3.24. The maximum Gasteiger partial charge on any atom is 0.149 e. The van der Waals surface area contributed by atoms with E-state index in [9.17, 15) is 9.65 Å². The molecule has 4 nitrogen and oxygen atoms in total. The Balaban J connectivity index is 1.70. The molecule has 0 saturated heterocycles. The Morgan fingerprint density at radius 1 is 1.16 bits per heavy atom. The van der Waals surface area contributed by atoms with Crippen LogP contribution in [0.1, 0.15) is 28.1 Å². The Bertz CT molecular complexity index is 1310. The van der Waals surface area contributed by atoms with Crippen molar-refractivity contribution in [3.8, 4) is 11.8 Å². The molecule has 0 radical (unpaired) electrons. The highest BCUT2D eigenvalue weighted by molar-refractivity contribution is 9.10. The number of aromatic amines is 1. The summed E-state index contributed by atoms with van der Waals surface area (Å²) >= 11 is 3.46. The van der Waals surface area contributed by atoms with Gasteiger partial charge in [0.25, 0.3) is 0 Å². The third kappa shape index (κ3) is 4.52. The lowest BCUT2D eigenvalue weighted by molar-refractivity contribution is 0.299. The van der Waals surface area contributed by atoms with Crippen LogP contribution in [0.3, 0.4) is 0 Å². The van der Waals surface area contributed by atoms with Gasteiger partial charge in [-0.15, -0.1) is 0 Å². The number of nitrogens with zero attached hydrogens (tertiary/aromatic N) is 2. The van der Waals surface area contributed by atoms with Crippen molar-refractivity contribution in [2.24, 2.45) is 0 Å². The normalized spacial score (nSPS) is 11.5. The van der Waals surface area contributed by atoms with Crippen molar-refractivity contribution in [2.45, 2.75) is 20.5 Å². The van der Waals surface area contributed by atoms with Crippen LogP contribution in [0.4, 0.5) is 4.39 Å². The predicted octanol–water partition coefficient (Wildman–Crippen LogP) is 6.72. The number of nitrogens with one attached hydrogen (secondary N) is 1. The van der Waals surface area contributed by atoms with Gasteiger partial charge in [-0.3, -0.25) is 0 Å². The standard InChI is InChI=1S/C25H19BrFN3O/c1-15-9-22-23(10-16(15)2)30-25(29-22)19(13-28)11-18-12-20(26)7-8-24(18)31-14-17-5-3-4-6-21(17)27/h3-12H,14H2,1-2H3,(H,29,30)/b19-11-. The summed E-state index contributed by atoms with van der Waals surface area (Å²) in [7, 11) is 0. The minimum Gasteiger partial charge on any atom is -0.488 e. The van der Waals surface area contributed by atoms with Gasteiger partial charge in [0, 0.05) is 15.6 Å². The molecule has 1 aromatic heterocycles. The summed E-state index contributed by atoms with van der Waals surface area (Å²) in [4.78, 5) is 7.82. The van der Waals surface area contributed by atoms with Crippen molar-refractivity contribution in [2.75, 3.05) is 0 Å². The van der Waals surface area contributed by atoms with Gasteiger partial charge >= 0.3 is 0 Å². The summed E-state index contributed by atoms with van der Waals surface area (Å²) in [5.74, 6) is 0.715. The lowest BCUT2D eigenvalue weighted by atomic mass is 10.1. The number of aryl methyl sites for hydroxylation is 2. The van der Waals surface area contributed by atoms with E-state index in [2.05, 4.69) is 32.0 Å². The van der Waals surface area contributed by atoms with E-state index in [1.54, 1.807) is 30.3 Å². The lowest BCUT2D eigenvalue weighted by Gasteiger charge is -2.11. The van der Waals surface area contributed by atoms with Crippen molar-refractivity contribution in [3.63, 3.8) is 0 Å². The van der Waals surface area contributed by atoms with Crippen LogP contribution in [0.5, 0.6) is 5.75 Å². The number of rotatable bonds is 5. The van der Waals surface area contributed by atoms with E-state index in [4.69, 9.17) is 4.74 Å². The summed E-state index contributed by atoms with van der Waals surface area (Å²) in [6, 6.07) is 18.2. The lowest BCUT2D eigenvalue weighted by Crippen LogP contribution is -1.99. The van der Waals surface area contributed by atoms with Crippen LogP contribution in [-0.4, -0.2) is 9.97 Å². The first kappa shape index (κ1) is 20.8. The van der Waals surface area contributed by atoms with Crippen molar-refractivity contribution < 1.29 is 9.13 Å². The SMILES string of the molecule is Cc1cc2nc(/C(C#N)=C\c3cc(Br)ccc3OCc3ccccc3F)[nH]c2cc1C. The first-order valence-electron chi connectivity index (χ1n) is 9.69. The smallest absolute Gasteiger partial charge is 0.149 e. The molecule has 0 amide bonds. The van der Waals surface area contributed by atoms with Crippen LogP contribution in [0.15, 0.2) is 59.1 Å². The second kappa shape index (κ2) is 8.75. The number of halogens is 2. The second-order valence-corrected chi connectivity index (χ2v) is 8.19. The largest absolute Gasteiger partial charge is 0.488 e. The number of nitriles is 1. The Labute approximate surface area is 188 Å². The quantitative estimate of drug-likeness (QED) is 0.325. The number of hydrogen-bond acceptors (Lipinski definition) is 3. The van der Waals surface area contributed by atoms with Crippen LogP contribution < -0.4 is 4.74 Å². The molecule has 0 aliphatic heterocycles. The monoisotopic (exact) mass is 475 g/mol. The molecule has 1 N–H and O–H groups in total. The summed E-state index contributed by atoms with van der Waals surface area (Å²) in [5.41, 5.74) is 5.51. The van der Waals surface area contributed by atoms with Crippen LogP contribution in [0, 0.1) is 31.0 Å². The molecule has 0 saturated carbocycles. The molecule has 0 spiro atoms. The molecule has 4 rings (SSSR count). The van der Waals surface area contributed by atoms with Gasteiger partial charge in [0.15, 0.2) is 0 Å². The first-order valence-corrected chi connectivity index (χ1v) is 10.5. The summed E-state index contributed by atoms with van der Waals surface area (Å²) in [6.07, 6.45) is 1.72. The van der Waals surface area contributed by atoms with E-state index in [0.717, 1.165) is 26.6 Å². The van der Waals surface area contributed by atoms with Crippen molar-refractivity contribution in [3.05, 3.63) is 93.0 Å². The molecule has 3 aromatic carbocycles. The Hall–Kier alpha value is -3.43. The zero-order valence-corrected chi connectivity index (χ0v) is 18.6. The molecule has 154 valence electrons. The van der Waals surface area contributed by atoms with E-state index >= 15 is 0 Å². The Morgan fingerprint density at radius 3 is 2.71 bits per heavy atom. The molecule has 0 unspecified atom stereocenters. The van der Waals surface area contributed by atoms with Gasteiger partial charge in [0.1, 0.15) is 30.1 Å².